The lowest BCUT2D eigenvalue weighted by molar-refractivity contribution is 0.102. The van der Waals surface area contributed by atoms with Crippen molar-refractivity contribution in [3.05, 3.63) is 83.4 Å². The largest absolute Gasteiger partial charge is 0.399 e. The molecule has 0 aromatic heterocycles. The van der Waals surface area contributed by atoms with E-state index < -0.39 is 0 Å². The first-order valence-corrected chi connectivity index (χ1v) is 7.88. The van der Waals surface area contributed by atoms with Gasteiger partial charge in [0.1, 0.15) is 0 Å². The molecule has 3 heteroatoms. The van der Waals surface area contributed by atoms with Crippen LogP contribution in [0.25, 0.3) is 11.1 Å². The van der Waals surface area contributed by atoms with E-state index in [1.807, 2.05) is 68.4 Å². The zero-order valence-corrected chi connectivity index (χ0v) is 13.8. The summed E-state index contributed by atoms with van der Waals surface area (Å²) in [5.74, 6) is -0.123. The Labute approximate surface area is 142 Å². The van der Waals surface area contributed by atoms with Crippen molar-refractivity contribution in [3.63, 3.8) is 0 Å². The van der Waals surface area contributed by atoms with Crippen molar-refractivity contribution in [2.75, 3.05) is 11.1 Å². The number of anilines is 2. The zero-order valence-electron chi connectivity index (χ0n) is 13.8. The third-order valence-electron chi connectivity index (χ3n) is 4.12. The summed E-state index contributed by atoms with van der Waals surface area (Å²) in [6.45, 7) is 3.86. The van der Waals surface area contributed by atoms with Crippen molar-refractivity contribution in [1.82, 2.24) is 0 Å². The molecule has 3 N–H and O–H groups in total. The zero-order chi connectivity index (χ0) is 17.1. The summed E-state index contributed by atoms with van der Waals surface area (Å²) in [5, 5.41) is 2.96. The fraction of sp³-hybridized carbons (Fsp3) is 0.0952. The second kappa shape index (κ2) is 6.59. The highest BCUT2D eigenvalue weighted by molar-refractivity contribution is 6.05. The maximum atomic E-state index is 12.5. The molecule has 0 saturated carbocycles. The van der Waals surface area contributed by atoms with Crippen molar-refractivity contribution in [2.45, 2.75) is 13.8 Å². The van der Waals surface area contributed by atoms with E-state index in [4.69, 9.17) is 5.73 Å². The Morgan fingerprint density at radius 2 is 1.46 bits per heavy atom. The second-order valence-electron chi connectivity index (χ2n) is 5.92. The van der Waals surface area contributed by atoms with Gasteiger partial charge in [0.05, 0.1) is 0 Å². The molecule has 0 aliphatic heterocycles. The topological polar surface area (TPSA) is 55.1 Å². The number of carbonyl (C=O) groups is 1. The normalized spacial score (nSPS) is 10.4. The number of nitrogens with one attached hydrogen (secondary N) is 1. The first kappa shape index (κ1) is 15.8. The van der Waals surface area contributed by atoms with E-state index in [1.54, 1.807) is 0 Å². The van der Waals surface area contributed by atoms with Gasteiger partial charge in [0.2, 0.25) is 0 Å². The number of hydrogen-bond donors (Lipinski definition) is 2. The van der Waals surface area contributed by atoms with Crippen LogP contribution in [0.3, 0.4) is 0 Å². The van der Waals surface area contributed by atoms with Crippen LogP contribution in [0.1, 0.15) is 21.5 Å². The van der Waals surface area contributed by atoms with Crippen LogP contribution in [-0.2, 0) is 0 Å². The molecular formula is C21H20N2O. The van der Waals surface area contributed by atoms with Gasteiger partial charge in [0, 0.05) is 16.9 Å². The second-order valence-corrected chi connectivity index (χ2v) is 5.92. The predicted octanol–water partition coefficient (Wildman–Crippen LogP) is 4.80. The average molecular weight is 316 g/mol. The van der Waals surface area contributed by atoms with Crippen LogP contribution in [0, 0.1) is 13.8 Å². The summed E-state index contributed by atoms with van der Waals surface area (Å²) in [7, 11) is 0. The van der Waals surface area contributed by atoms with Crippen LogP contribution in [-0.4, -0.2) is 5.91 Å². The van der Waals surface area contributed by atoms with Gasteiger partial charge >= 0.3 is 0 Å². The van der Waals surface area contributed by atoms with Gasteiger partial charge in [-0.15, -0.1) is 0 Å². The SMILES string of the molecule is Cc1cc(NC(=O)c2ccc(-c3ccccc3)cc2)c(C)cc1N. The van der Waals surface area contributed by atoms with Gasteiger partial charge in [-0.3, -0.25) is 4.79 Å². The van der Waals surface area contributed by atoms with E-state index in [9.17, 15) is 4.79 Å². The van der Waals surface area contributed by atoms with Gasteiger partial charge in [0.25, 0.3) is 5.91 Å². The van der Waals surface area contributed by atoms with Gasteiger partial charge in [-0.2, -0.15) is 0 Å². The molecule has 0 bridgehead atoms. The Hall–Kier alpha value is -3.07. The highest BCUT2D eigenvalue weighted by atomic mass is 16.1. The number of amides is 1. The summed E-state index contributed by atoms with van der Waals surface area (Å²) < 4.78 is 0. The van der Waals surface area contributed by atoms with E-state index in [1.165, 1.54) is 0 Å². The van der Waals surface area contributed by atoms with Crippen LogP contribution >= 0.6 is 0 Å². The minimum absolute atomic E-state index is 0.123. The van der Waals surface area contributed by atoms with Gasteiger partial charge < -0.3 is 11.1 Å². The maximum Gasteiger partial charge on any atom is 0.255 e. The molecule has 120 valence electrons. The predicted molar refractivity (Wildman–Crippen MR) is 100 cm³/mol. The minimum Gasteiger partial charge on any atom is -0.399 e. The van der Waals surface area contributed by atoms with E-state index >= 15 is 0 Å². The molecule has 0 aliphatic carbocycles. The van der Waals surface area contributed by atoms with Crippen molar-refractivity contribution in [2.24, 2.45) is 0 Å². The van der Waals surface area contributed by atoms with Crippen molar-refractivity contribution >= 4 is 17.3 Å². The molecule has 1 amide bonds. The van der Waals surface area contributed by atoms with Crippen LogP contribution in [0.5, 0.6) is 0 Å². The Balaban J connectivity index is 1.80. The summed E-state index contributed by atoms with van der Waals surface area (Å²) in [6.07, 6.45) is 0. The monoisotopic (exact) mass is 316 g/mol. The van der Waals surface area contributed by atoms with Crippen molar-refractivity contribution in [3.8, 4) is 11.1 Å². The molecule has 24 heavy (non-hydrogen) atoms. The van der Waals surface area contributed by atoms with E-state index in [2.05, 4.69) is 17.4 Å². The molecule has 0 saturated heterocycles. The van der Waals surface area contributed by atoms with Crippen molar-refractivity contribution < 1.29 is 4.79 Å². The highest BCUT2D eigenvalue weighted by Crippen LogP contribution is 2.23. The molecule has 3 aromatic carbocycles. The van der Waals surface area contributed by atoms with Crippen LogP contribution in [0.15, 0.2) is 66.7 Å². The number of carbonyl (C=O) groups excluding carboxylic acids is 1. The lowest BCUT2D eigenvalue weighted by Gasteiger charge is -2.11. The molecule has 0 unspecified atom stereocenters. The van der Waals surface area contributed by atoms with Crippen LogP contribution in [0.2, 0.25) is 0 Å². The number of benzene rings is 3. The molecule has 3 aromatic rings. The number of rotatable bonds is 3. The summed E-state index contributed by atoms with van der Waals surface area (Å²) in [4.78, 5) is 12.5. The third-order valence-corrected chi connectivity index (χ3v) is 4.12. The molecular weight excluding hydrogens is 296 g/mol. The Kier molecular flexibility index (Phi) is 4.34. The molecule has 0 fully saturated rings. The van der Waals surface area contributed by atoms with Crippen LogP contribution < -0.4 is 11.1 Å². The molecule has 3 nitrogen and oxygen atoms in total. The van der Waals surface area contributed by atoms with E-state index in [0.29, 0.717) is 5.56 Å². The highest BCUT2D eigenvalue weighted by Gasteiger charge is 2.09. The molecule has 3 rings (SSSR count). The van der Waals surface area contributed by atoms with Crippen LogP contribution in [0.4, 0.5) is 11.4 Å². The molecule has 0 atom stereocenters. The summed E-state index contributed by atoms with van der Waals surface area (Å²) in [6, 6.07) is 21.5. The molecule has 0 spiro atoms. The Morgan fingerprint density at radius 3 is 2.12 bits per heavy atom. The Bertz CT molecular complexity index is 868. The fourth-order valence-corrected chi connectivity index (χ4v) is 2.61. The quantitative estimate of drug-likeness (QED) is 0.682. The summed E-state index contributed by atoms with van der Waals surface area (Å²) >= 11 is 0. The number of nitrogen functional groups attached to an aromatic ring is 1. The Morgan fingerprint density at radius 1 is 0.833 bits per heavy atom. The van der Waals surface area contributed by atoms with E-state index in [0.717, 1.165) is 33.6 Å². The molecule has 0 heterocycles. The minimum atomic E-state index is -0.123. The number of nitrogens with two attached hydrogens (primary N) is 1. The molecule has 0 radical (unpaired) electrons. The standard InChI is InChI=1S/C21H20N2O/c1-14-13-20(15(2)12-19(14)22)23-21(24)18-10-8-17(9-11-18)16-6-4-3-5-7-16/h3-13H,22H2,1-2H3,(H,23,24). The average Bonchev–Trinajstić information content (AvgIpc) is 2.60. The number of aryl methyl sites for hydroxylation is 2. The van der Waals surface area contributed by atoms with Crippen molar-refractivity contribution in [1.29, 1.82) is 0 Å². The van der Waals surface area contributed by atoms with Gasteiger partial charge in [-0.1, -0.05) is 42.5 Å². The first-order chi connectivity index (χ1) is 11.5. The first-order valence-electron chi connectivity index (χ1n) is 7.88. The maximum absolute atomic E-state index is 12.5. The lowest BCUT2D eigenvalue weighted by atomic mass is 10.0. The van der Waals surface area contributed by atoms with Gasteiger partial charge in [0.15, 0.2) is 0 Å². The smallest absolute Gasteiger partial charge is 0.255 e. The molecule has 0 aliphatic rings. The number of hydrogen-bond acceptors (Lipinski definition) is 2. The van der Waals surface area contributed by atoms with E-state index in [-0.39, 0.29) is 5.91 Å². The van der Waals surface area contributed by atoms with Gasteiger partial charge in [-0.05, 0) is 60.4 Å². The summed E-state index contributed by atoms with van der Waals surface area (Å²) in [5.41, 5.74) is 12.2. The lowest BCUT2D eigenvalue weighted by Crippen LogP contribution is -2.13. The third kappa shape index (κ3) is 3.30. The fourth-order valence-electron chi connectivity index (χ4n) is 2.61. The van der Waals surface area contributed by atoms with Gasteiger partial charge in [-0.25, -0.2) is 0 Å².